The first-order valence-corrected chi connectivity index (χ1v) is 10.6. The molecule has 2 aromatic rings. The Labute approximate surface area is 187 Å². The maximum absolute atomic E-state index is 9.20. The number of guanidine groups is 1. The summed E-state index contributed by atoms with van der Waals surface area (Å²) in [6.07, 6.45) is 12.2. The Morgan fingerprint density at radius 3 is 2.59 bits per heavy atom. The summed E-state index contributed by atoms with van der Waals surface area (Å²) in [7, 11) is 3.23. The Morgan fingerprint density at radius 2 is 1.91 bits per heavy atom. The molecule has 0 unspecified atom stereocenters. The average Bonchev–Trinajstić information content (AvgIpc) is 2.86. The molecule has 0 spiro atoms. The molecule has 0 saturated carbocycles. The molecular weight excluding hydrogens is 406 g/mol. The number of allylic oxidation sites excluding steroid dienone is 2. The molecule has 1 N–H and O–H groups in total. The molecule has 1 fully saturated rings. The minimum absolute atomic E-state index is 0.568. The molecule has 166 valence electrons. The Morgan fingerprint density at radius 1 is 1.12 bits per heavy atom. The van der Waals surface area contributed by atoms with Crippen LogP contribution in [0.3, 0.4) is 0 Å². The second-order valence-electron chi connectivity index (χ2n) is 7.53. The maximum atomic E-state index is 9.20. The molecule has 0 atom stereocenters. The number of nitrogens with zero attached hydrogens (tertiary/aromatic N) is 6. The van der Waals surface area contributed by atoms with E-state index in [1.807, 2.05) is 18.3 Å². The van der Waals surface area contributed by atoms with Gasteiger partial charge < -0.3 is 19.3 Å². The van der Waals surface area contributed by atoms with Gasteiger partial charge in [-0.2, -0.15) is 5.26 Å². The molecule has 0 bridgehead atoms. The average molecular weight is 434 g/mol. The second-order valence-corrected chi connectivity index (χ2v) is 7.53. The first kappa shape index (κ1) is 21.4. The molecule has 1 aromatic heterocycles. The fourth-order valence-electron chi connectivity index (χ4n) is 3.97. The molecule has 1 aromatic carbocycles. The van der Waals surface area contributed by atoms with Crippen molar-refractivity contribution in [3.63, 3.8) is 0 Å². The number of aromatic nitrogens is 2. The van der Waals surface area contributed by atoms with Crippen molar-refractivity contribution in [2.75, 3.05) is 51.8 Å². The highest BCUT2D eigenvalue weighted by Gasteiger charge is 2.23. The van der Waals surface area contributed by atoms with Crippen LogP contribution in [0.1, 0.15) is 12.8 Å². The van der Waals surface area contributed by atoms with Crippen molar-refractivity contribution in [1.82, 2.24) is 20.2 Å². The second kappa shape index (κ2) is 10.0. The number of benzene rings is 1. The van der Waals surface area contributed by atoms with E-state index < -0.39 is 0 Å². The van der Waals surface area contributed by atoms with Crippen LogP contribution in [0.2, 0.25) is 0 Å². The number of nitrogens with one attached hydrogen (secondary N) is 1. The lowest BCUT2D eigenvalue weighted by Crippen LogP contribution is -2.52. The van der Waals surface area contributed by atoms with E-state index in [1.165, 1.54) is 5.57 Å². The summed E-state index contributed by atoms with van der Waals surface area (Å²) < 4.78 is 10.9. The maximum Gasteiger partial charge on any atom is 0.207 e. The fraction of sp³-hybridized carbons (Fsp3) is 0.391. The summed E-state index contributed by atoms with van der Waals surface area (Å²) in [6, 6.07) is 3.79. The topological polar surface area (TPSA) is 98.9 Å². The van der Waals surface area contributed by atoms with Gasteiger partial charge in [-0.1, -0.05) is 18.2 Å². The number of hydrogen-bond donors (Lipinski definition) is 1. The van der Waals surface area contributed by atoms with Gasteiger partial charge in [-0.05, 0) is 24.5 Å². The normalized spacial score (nSPS) is 16.5. The van der Waals surface area contributed by atoms with Crippen molar-refractivity contribution in [2.45, 2.75) is 12.8 Å². The Kier molecular flexibility index (Phi) is 6.70. The number of hydrogen-bond acceptors (Lipinski definition) is 7. The van der Waals surface area contributed by atoms with Gasteiger partial charge in [0, 0.05) is 37.6 Å². The molecular formula is C23H27N7O2. The van der Waals surface area contributed by atoms with Gasteiger partial charge in [-0.3, -0.25) is 5.32 Å². The summed E-state index contributed by atoms with van der Waals surface area (Å²) in [5.41, 5.74) is 1.99. The molecule has 1 aliphatic carbocycles. The molecule has 1 saturated heterocycles. The summed E-state index contributed by atoms with van der Waals surface area (Å²) in [5.74, 6) is 2.76. The van der Waals surface area contributed by atoms with Crippen LogP contribution >= 0.6 is 0 Å². The van der Waals surface area contributed by atoms with Crippen LogP contribution in [0.15, 0.2) is 47.3 Å². The zero-order chi connectivity index (χ0) is 22.3. The molecule has 2 heterocycles. The van der Waals surface area contributed by atoms with Gasteiger partial charge in [0.1, 0.15) is 12.1 Å². The minimum atomic E-state index is 0.568. The molecule has 9 heteroatoms. The number of aliphatic imine (C=N–C) groups is 1. The van der Waals surface area contributed by atoms with Crippen LogP contribution < -0.4 is 19.7 Å². The molecule has 1 aliphatic heterocycles. The van der Waals surface area contributed by atoms with Gasteiger partial charge in [0.2, 0.25) is 5.96 Å². The standard InChI is InChI=1S/C23H27N7O2/c1-31-20-12-18-19(13-21(20)32-2)27-16-28-22(18)29-8-10-30(11-9-29)23(26-15-24)25-14-17-6-4-3-5-7-17/h4,6-7,12-13,16H,3,5,8-11,14H2,1-2H3,(H,25,26). The van der Waals surface area contributed by atoms with E-state index in [0.717, 1.165) is 55.7 Å². The smallest absolute Gasteiger partial charge is 0.207 e. The van der Waals surface area contributed by atoms with Crippen molar-refractivity contribution >= 4 is 22.7 Å². The predicted octanol–water partition coefficient (Wildman–Crippen LogP) is 2.47. The third-order valence-electron chi connectivity index (χ3n) is 5.65. The van der Waals surface area contributed by atoms with E-state index in [4.69, 9.17) is 9.47 Å². The van der Waals surface area contributed by atoms with Crippen molar-refractivity contribution in [3.05, 3.63) is 42.3 Å². The van der Waals surface area contributed by atoms with Gasteiger partial charge in [-0.25, -0.2) is 15.0 Å². The van der Waals surface area contributed by atoms with E-state index in [-0.39, 0.29) is 0 Å². The number of anilines is 1. The molecule has 0 radical (unpaired) electrons. The van der Waals surface area contributed by atoms with E-state index >= 15 is 0 Å². The Bertz CT molecular complexity index is 1100. The summed E-state index contributed by atoms with van der Waals surface area (Å²) in [5, 5.41) is 12.9. The fourth-order valence-corrected chi connectivity index (χ4v) is 3.97. The van der Waals surface area contributed by atoms with Crippen molar-refractivity contribution in [2.24, 2.45) is 4.99 Å². The lowest BCUT2D eigenvalue weighted by Gasteiger charge is -2.36. The highest BCUT2D eigenvalue weighted by molar-refractivity contribution is 5.92. The number of rotatable bonds is 5. The van der Waals surface area contributed by atoms with Crippen LogP contribution in [0, 0.1) is 11.5 Å². The zero-order valence-electron chi connectivity index (χ0n) is 18.4. The van der Waals surface area contributed by atoms with E-state index in [1.54, 1.807) is 20.5 Å². The van der Waals surface area contributed by atoms with Crippen LogP contribution in [0.25, 0.3) is 10.9 Å². The first-order chi connectivity index (χ1) is 15.7. The van der Waals surface area contributed by atoms with Gasteiger partial charge in [-0.15, -0.1) is 0 Å². The highest BCUT2D eigenvalue weighted by atomic mass is 16.5. The molecule has 4 rings (SSSR count). The Hall–Kier alpha value is -3.80. The van der Waals surface area contributed by atoms with Gasteiger partial charge in [0.25, 0.3) is 0 Å². The quantitative estimate of drug-likeness (QED) is 0.332. The van der Waals surface area contributed by atoms with Crippen molar-refractivity contribution < 1.29 is 9.47 Å². The number of methoxy groups -OCH3 is 2. The predicted molar refractivity (Wildman–Crippen MR) is 124 cm³/mol. The lowest BCUT2D eigenvalue weighted by atomic mass is 10.1. The number of ether oxygens (including phenoxy) is 2. The lowest BCUT2D eigenvalue weighted by molar-refractivity contribution is 0.355. The molecule has 32 heavy (non-hydrogen) atoms. The summed E-state index contributed by atoms with van der Waals surface area (Å²) in [6.45, 7) is 3.51. The number of nitriles is 1. The minimum Gasteiger partial charge on any atom is -0.493 e. The third-order valence-corrected chi connectivity index (χ3v) is 5.65. The van der Waals surface area contributed by atoms with Gasteiger partial charge >= 0.3 is 0 Å². The van der Waals surface area contributed by atoms with E-state index in [2.05, 4.69) is 48.3 Å². The largest absolute Gasteiger partial charge is 0.493 e. The Balaban J connectivity index is 1.50. The third kappa shape index (κ3) is 4.59. The van der Waals surface area contributed by atoms with Crippen LogP contribution in [-0.4, -0.2) is 67.8 Å². The van der Waals surface area contributed by atoms with Gasteiger partial charge in [0.05, 0.1) is 26.3 Å². The van der Waals surface area contributed by atoms with Crippen molar-refractivity contribution in [1.29, 1.82) is 5.26 Å². The highest BCUT2D eigenvalue weighted by Crippen LogP contribution is 2.34. The molecule has 9 nitrogen and oxygen atoms in total. The molecule has 2 aliphatic rings. The monoisotopic (exact) mass is 433 g/mol. The summed E-state index contributed by atoms with van der Waals surface area (Å²) in [4.78, 5) is 18.0. The molecule has 0 amide bonds. The van der Waals surface area contributed by atoms with E-state index in [0.29, 0.717) is 24.0 Å². The summed E-state index contributed by atoms with van der Waals surface area (Å²) >= 11 is 0. The van der Waals surface area contributed by atoms with Crippen LogP contribution in [0.5, 0.6) is 11.5 Å². The SMILES string of the molecule is COc1cc2ncnc(N3CCN(C(=NCC4=CCCC=C4)NC#N)CC3)c2cc1OC. The zero-order valence-corrected chi connectivity index (χ0v) is 18.4. The van der Waals surface area contributed by atoms with Crippen LogP contribution in [-0.2, 0) is 0 Å². The number of piperazine rings is 1. The van der Waals surface area contributed by atoms with Gasteiger partial charge in [0.15, 0.2) is 17.7 Å². The number of fused-ring (bicyclic) bond motifs is 1. The van der Waals surface area contributed by atoms with E-state index in [9.17, 15) is 5.26 Å². The van der Waals surface area contributed by atoms with Crippen molar-refractivity contribution in [3.8, 4) is 17.7 Å². The van der Waals surface area contributed by atoms with Crippen LogP contribution in [0.4, 0.5) is 5.82 Å². The first-order valence-electron chi connectivity index (χ1n) is 10.6.